The van der Waals surface area contributed by atoms with Gasteiger partial charge in [-0.2, -0.15) is 0 Å². The zero-order valence-electron chi connectivity index (χ0n) is 13.0. The van der Waals surface area contributed by atoms with Crippen LogP contribution in [0.1, 0.15) is 36.6 Å². The van der Waals surface area contributed by atoms with E-state index in [-0.39, 0.29) is 12.3 Å². The minimum Gasteiger partial charge on any atom is -0.481 e. The van der Waals surface area contributed by atoms with Crippen molar-refractivity contribution in [2.24, 2.45) is 0 Å². The first kappa shape index (κ1) is 17.1. The maximum atomic E-state index is 11.0. The van der Waals surface area contributed by atoms with Crippen LogP contribution in [0.4, 0.5) is 5.13 Å². The Morgan fingerprint density at radius 1 is 1.13 bits per heavy atom. The highest BCUT2D eigenvalue weighted by Crippen LogP contribution is 2.17. The van der Waals surface area contributed by atoms with Gasteiger partial charge in [0, 0.05) is 18.7 Å². The Morgan fingerprint density at radius 3 is 2.39 bits per heavy atom. The first-order valence-electron chi connectivity index (χ1n) is 7.54. The second kappa shape index (κ2) is 8.43. The van der Waals surface area contributed by atoms with Crippen LogP contribution in [0.5, 0.6) is 0 Å². The minimum atomic E-state index is -0.768. The smallest absolute Gasteiger partial charge is 0.303 e. The number of benzene rings is 1. The Kier molecular flexibility index (Phi) is 6.29. The fourth-order valence-corrected chi connectivity index (χ4v) is 3.02. The highest BCUT2D eigenvalue weighted by molar-refractivity contribution is 7.13. The monoisotopic (exact) mass is 332 g/mol. The Morgan fingerprint density at radius 2 is 1.78 bits per heavy atom. The number of thiazole rings is 1. The number of aryl methyl sites for hydroxylation is 3. The molecule has 2 rings (SSSR count). The molecule has 0 saturated carbocycles. The number of rotatable bonds is 8. The fraction of sp³-hybridized carbons (Fsp3) is 0.353. The molecule has 1 amide bonds. The zero-order valence-corrected chi connectivity index (χ0v) is 13.9. The number of hydrogen-bond donors (Lipinski definition) is 2. The van der Waals surface area contributed by atoms with E-state index >= 15 is 0 Å². The number of carbonyl (C=O) groups excluding carboxylic acids is 1. The van der Waals surface area contributed by atoms with E-state index in [1.165, 1.54) is 23.8 Å². The molecule has 0 saturated heterocycles. The predicted molar refractivity (Wildman–Crippen MR) is 90.8 cm³/mol. The van der Waals surface area contributed by atoms with Crippen molar-refractivity contribution in [2.45, 2.75) is 39.0 Å². The van der Waals surface area contributed by atoms with Gasteiger partial charge in [-0.15, -0.1) is 11.3 Å². The third-order valence-corrected chi connectivity index (χ3v) is 4.19. The van der Waals surface area contributed by atoms with Gasteiger partial charge < -0.3 is 10.4 Å². The Labute approximate surface area is 139 Å². The Balaban J connectivity index is 1.76. The van der Waals surface area contributed by atoms with E-state index in [1.807, 2.05) is 17.5 Å². The highest BCUT2D eigenvalue weighted by Gasteiger charge is 2.04. The minimum absolute atomic E-state index is 0.103. The number of amides is 1. The summed E-state index contributed by atoms with van der Waals surface area (Å²) in [6.45, 7) is 1.47. The number of aromatic nitrogens is 1. The summed E-state index contributed by atoms with van der Waals surface area (Å²) >= 11 is 1.44. The van der Waals surface area contributed by atoms with Crippen molar-refractivity contribution in [1.29, 1.82) is 0 Å². The molecular weight excluding hydrogens is 312 g/mol. The van der Waals surface area contributed by atoms with Gasteiger partial charge in [-0.25, -0.2) is 4.98 Å². The van der Waals surface area contributed by atoms with Gasteiger partial charge in [-0.05, 0) is 36.8 Å². The van der Waals surface area contributed by atoms with Gasteiger partial charge in [0.15, 0.2) is 5.13 Å². The van der Waals surface area contributed by atoms with Crippen LogP contribution in [0.15, 0.2) is 29.6 Å². The summed E-state index contributed by atoms with van der Waals surface area (Å²) in [4.78, 5) is 25.9. The molecule has 1 aromatic heterocycles. The number of aliphatic carboxylic acids is 1. The molecule has 0 spiro atoms. The van der Waals surface area contributed by atoms with Crippen LogP contribution in [0, 0.1) is 0 Å². The molecule has 1 aromatic carbocycles. The summed E-state index contributed by atoms with van der Waals surface area (Å²) in [6.07, 6.45) is 3.54. The molecule has 122 valence electrons. The Hall–Kier alpha value is -2.21. The van der Waals surface area contributed by atoms with Crippen LogP contribution < -0.4 is 5.32 Å². The molecule has 0 radical (unpaired) electrons. The van der Waals surface area contributed by atoms with Crippen LogP contribution in [0.2, 0.25) is 0 Å². The molecule has 23 heavy (non-hydrogen) atoms. The standard InChI is InChI=1S/C17H20N2O3S/c1-12(20)18-17-19-15(11-23-17)4-2-3-13-5-7-14(8-6-13)9-10-16(21)22/h5-8,11H,2-4,9-10H2,1H3,(H,21,22)(H,18,19,20). The first-order chi connectivity index (χ1) is 11.0. The Bertz CT molecular complexity index is 665. The third kappa shape index (κ3) is 6.20. The molecular formula is C17H20N2O3S. The third-order valence-electron chi connectivity index (χ3n) is 3.38. The number of carbonyl (C=O) groups is 2. The molecule has 0 aliphatic heterocycles. The first-order valence-corrected chi connectivity index (χ1v) is 8.42. The van der Waals surface area contributed by atoms with Crippen LogP contribution in [-0.4, -0.2) is 22.0 Å². The maximum absolute atomic E-state index is 11.0. The largest absolute Gasteiger partial charge is 0.481 e. The number of anilines is 1. The quantitative estimate of drug-likeness (QED) is 0.777. The van der Waals surface area contributed by atoms with Gasteiger partial charge >= 0.3 is 5.97 Å². The van der Waals surface area contributed by atoms with Crippen LogP contribution >= 0.6 is 11.3 Å². The molecule has 1 heterocycles. The van der Waals surface area contributed by atoms with Gasteiger partial charge in [0.05, 0.1) is 5.69 Å². The van der Waals surface area contributed by atoms with Gasteiger partial charge in [0.25, 0.3) is 0 Å². The summed E-state index contributed by atoms with van der Waals surface area (Å²) in [6, 6.07) is 8.11. The lowest BCUT2D eigenvalue weighted by Gasteiger charge is -2.03. The van der Waals surface area contributed by atoms with E-state index < -0.39 is 5.97 Å². The van der Waals surface area contributed by atoms with Gasteiger partial charge in [-0.3, -0.25) is 9.59 Å². The summed E-state index contributed by atoms with van der Waals surface area (Å²) in [7, 11) is 0. The van der Waals surface area contributed by atoms with E-state index in [1.54, 1.807) is 0 Å². The molecule has 0 atom stereocenters. The zero-order chi connectivity index (χ0) is 16.7. The lowest BCUT2D eigenvalue weighted by Crippen LogP contribution is -2.05. The topological polar surface area (TPSA) is 79.3 Å². The lowest BCUT2D eigenvalue weighted by molar-refractivity contribution is -0.137. The number of nitrogens with zero attached hydrogens (tertiary/aromatic N) is 1. The number of nitrogens with one attached hydrogen (secondary N) is 1. The van der Waals surface area contributed by atoms with E-state index in [4.69, 9.17) is 5.11 Å². The summed E-state index contributed by atoms with van der Waals surface area (Å²) < 4.78 is 0. The molecule has 0 unspecified atom stereocenters. The second-order valence-electron chi connectivity index (χ2n) is 5.39. The fourth-order valence-electron chi connectivity index (χ4n) is 2.23. The van der Waals surface area contributed by atoms with E-state index in [9.17, 15) is 9.59 Å². The van der Waals surface area contributed by atoms with E-state index in [0.717, 1.165) is 30.5 Å². The second-order valence-corrected chi connectivity index (χ2v) is 6.25. The maximum Gasteiger partial charge on any atom is 0.303 e. The number of carboxylic acid groups (broad SMARTS) is 1. The molecule has 0 fully saturated rings. The van der Waals surface area contributed by atoms with Crippen molar-refractivity contribution in [3.8, 4) is 0 Å². The normalized spacial score (nSPS) is 10.5. The molecule has 0 aliphatic rings. The number of hydrogen-bond acceptors (Lipinski definition) is 4. The van der Waals surface area contributed by atoms with Crippen molar-refractivity contribution in [3.05, 3.63) is 46.5 Å². The average Bonchev–Trinajstić information content (AvgIpc) is 2.93. The van der Waals surface area contributed by atoms with Gasteiger partial charge in [-0.1, -0.05) is 24.3 Å². The molecule has 6 heteroatoms. The summed E-state index contributed by atoms with van der Waals surface area (Å²) in [5, 5.41) is 14.0. The summed E-state index contributed by atoms with van der Waals surface area (Å²) in [5.41, 5.74) is 3.29. The average molecular weight is 332 g/mol. The molecule has 2 aromatic rings. The predicted octanol–water partition coefficient (Wildman–Crippen LogP) is 3.29. The van der Waals surface area contributed by atoms with Gasteiger partial charge in [0.2, 0.25) is 5.91 Å². The molecule has 2 N–H and O–H groups in total. The van der Waals surface area contributed by atoms with Crippen LogP contribution in [0.3, 0.4) is 0 Å². The number of carboxylic acids is 1. The molecule has 0 bridgehead atoms. The van der Waals surface area contributed by atoms with Crippen LogP contribution in [-0.2, 0) is 28.9 Å². The van der Waals surface area contributed by atoms with Crippen LogP contribution in [0.25, 0.3) is 0 Å². The molecule has 0 aliphatic carbocycles. The van der Waals surface area contributed by atoms with Crippen molar-refractivity contribution in [2.75, 3.05) is 5.32 Å². The van der Waals surface area contributed by atoms with Crippen molar-refractivity contribution >= 4 is 28.3 Å². The van der Waals surface area contributed by atoms with Crippen molar-refractivity contribution < 1.29 is 14.7 Å². The highest BCUT2D eigenvalue weighted by atomic mass is 32.1. The molecule has 5 nitrogen and oxygen atoms in total. The summed E-state index contributed by atoms with van der Waals surface area (Å²) in [5.74, 6) is -0.871. The van der Waals surface area contributed by atoms with Gasteiger partial charge in [0.1, 0.15) is 0 Å². The lowest BCUT2D eigenvalue weighted by atomic mass is 10.0. The van der Waals surface area contributed by atoms with E-state index in [2.05, 4.69) is 22.4 Å². The van der Waals surface area contributed by atoms with Crippen molar-refractivity contribution in [3.63, 3.8) is 0 Å². The van der Waals surface area contributed by atoms with E-state index in [0.29, 0.717) is 11.6 Å². The van der Waals surface area contributed by atoms with Crippen molar-refractivity contribution in [1.82, 2.24) is 4.98 Å². The SMILES string of the molecule is CC(=O)Nc1nc(CCCc2ccc(CCC(=O)O)cc2)cs1.